The van der Waals surface area contributed by atoms with Crippen molar-refractivity contribution in [3.05, 3.63) is 47.5 Å². The summed E-state index contributed by atoms with van der Waals surface area (Å²) in [6.45, 7) is -0.361. The van der Waals surface area contributed by atoms with Crippen LogP contribution in [0.4, 0.5) is 27.6 Å². The summed E-state index contributed by atoms with van der Waals surface area (Å²) < 4.78 is 71.9. The van der Waals surface area contributed by atoms with Gasteiger partial charge in [0.15, 0.2) is 0 Å². The Labute approximate surface area is 162 Å². The maximum Gasteiger partial charge on any atom is 0.574 e. The molecule has 0 atom stereocenters. The minimum absolute atomic E-state index is 0.103. The van der Waals surface area contributed by atoms with Crippen LogP contribution in [0.25, 0.3) is 0 Å². The van der Waals surface area contributed by atoms with E-state index in [1.807, 2.05) is 0 Å². The van der Waals surface area contributed by atoms with Gasteiger partial charge in [0.2, 0.25) is 18.2 Å². The van der Waals surface area contributed by atoms with E-state index in [0.29, 0.717) is 12.1 Å². The molecule has 0 fully saturated rings. The van der Waals surface area contributed by atoms with Gasteiger partial charge in [-0.25, -0.2) is 20.5 Å². The molecule has 0 saturated heterocycles. The molecule has 13 heteroatoms. The normalized spacial score (nSPS) is 10.7. The smallest absolute Gasteiger partial charge is 0.473 e. The van der Waals surface area contributed by atoms with E-state index in [1.54, 1.807) is 5.43 Å². The first kappa shape index (κ1) is 23.8. The molecule has 1 heterocycles. The zero-order valence-electron chi connectivity index (χ0n) is 15.0. The second-order valence-electron chi connectivity index (χ2n) is 5.19. The third kappa shape index (κ3) is 8.15. The highest BCUT2D eigenvalue weighted by Crippen LogP contribution is 2.30. The van der Waals surface area contributed by atoms with Crippen LogP contribution in [0.15, 0.2) is 36.4 Å². The first-order chi connectivity index (χ1) is 13.6. The lowest BCUT2D eigenvalue weighted by Gasteiger charge is -2.20. The van der Waals surface area contributed by atoms with E-state index >= 15 is 0 Å². The first-order valence-electron chi connectivity index (χ1n) is 7.72. The Morgan fingerprint density at radius 2 is 1.79 bits per heavy atom. The molecule has 8 nitrogen and oxygen atoms in total. The predicted molar refractivity (Wildman–Crippen MR) is 92.6 cm³/mol. The molecule has 0 unspecified atom stereocenters. The van der Waals surface area contributed by atoms with Crippen molar-refractivity contribution < 1.29 is 36.2 Å². The number of carbonyl (C=O) groups excluding carboxylic acids is 1. The maximum absolute atomic E-state index is 13.2. The van der Waals surface area contributed by atoms with Gasteiger partial charge in [-0.1, -0.05) is 18.2 Å². The van der Waals surface area contributed by atoms with Gasteiger partial charge in [-0.2, -0.15) is 4.98 Å². The molecule has 2 aromatic rings. The van der Waals surface area contributed by atoms with Crippen molar-refractivity contribution in [1.29, 1.82) is 0 Å². The zero-order chi connectivity index (χ0) is 22.0. The molecule has 2 rings (SSSR count). The molecule has 0 radical (unpaired) electrons. The number of benzene rings is 1. The van der Waals surface area contributed by atoms with Crippen molar-refractivity contribution in [2.75, 3.05) is 12.1 Å². The van der Waals surface area contributed by atoms with Crippen molar-refractivity contribution in [1.82, 2.24) is 10.4 Å². The van der Waals surface area contributed by atoms with E-state index in [2.05, 4.69) is 15.6 Å². The number of ether oxygens (including phenoxy) is 2. The van der Waals surface area contributed by atoms with Crippen LogP contribution in [0.2, 0.25) is 0 Å². The second kappa shape index (κ2) is 11.0. The highest BCUT2D eigenvalue weighted by atomic mass is 19.4. The van der Waals surface area contributed by atoms with Crippen molar-refractivity contribution in [3.63, 3.8) is 0 Å². The van der Waals surface area contributed by atoms with Gasteiger partial charge in [0, 0.05) is 30.3 Å². The molecule has 0 saturated carbocycles. The Kier molecular flexibility index (Phi) is 9.02. The fourth-order valence-electron chi connectivity index (χ4n) is 2.08. The third-order valence-electron chi connectivity index (χ3n) is 3.15. The Morgan fingerprint density at radius 3 is 2.31 bits per heavy atom. The molecule has 1 aromatic carbocycles. The fraction of sp³-hybridized carbons (Fsp3) is 0.250. The lowest BCUT2D eigenvalue weighted by atomic mass is 10.1. The number of anilines is 1. The van der Waals surface area contributed by atoms with Gasteiger partial charge in [-0.05, 0) is 6.07 Å². The number of hydrazine groups is 2. The molecule has 1 aromatic heterocycles. The number of hydrogen-bond acceptors (Lipinski definition) is 7. The standard InChI is InChI=1S/C15H14F5N3O2.CH4N2O/c1-23(21)11-5-2-4-9(14(16)17)10(11)8-24-12-6-3-7-13(22-12)25-15(18,19)20;2-3-1-4/h2-7,14H,8,21H2,1H3;1H,2H2,(H,3,4). The number of aromatic nitrogens is 1. The third-order valence-corrected chi connectivity index (χ3v) is 3.15. The minimum atomic E-state index is -4.90. The monoisotopic (exact) mass is 423 g/mol. The Bertz CT molecular complexity index is 764. The summed E-state index contributed by atoms with van der Waals surface area (Å²) in [4.78, 5) is 12.5. The Morgan fingerprint density at radius 1 is 1.21 bits per heavy atom. The van der Waals surface area contributed by atoms with E-state index in [-0.39, 0.29) is 23.6 Å². The average Bonchev–Trinajstić information content (AvgIpc) is 2.65. The summed E-state index contributed by atoms with van der Waals surface area (Å²) >= 11 is 0. The zero-order valence-corrected chi connectivity index (χ0v) is 15.0. The van der Waals surface area contributed by atoms with Crippen LogP contribution in [0.1, 0.15) is 17.6 Å². The second-order valence-corrected chi connectivity index (χ2v) is 5.19. The number of hydrogen-bond donors (Lipinski definition) is 3. The lowest BCUT2D eigenvalue weighted by molar-refractivity contribution is -0.276. The molecule has 0 aliphatic rings. The van der Waals surface area contributed by atoms with Crippen molar-refractivity contribution in [2.45, 2.75) is 19.4 Å². The van der Waals surface area contributed by atoms with Crippen LogP contribution in [-0.4, -0.2) is 24.8 Å². The highest BCUT2D eigenvalue weighted by molar-refractivity contribution is 5.55. The summed E-state index contributed by atoms with van der Waals surface area (Å²) in [6, 6.07) is 7.65. The number of amides is 1. The summed E-state index contributed by atoms with van der Waals surface area (Å²) in [7, 11) is 1.46. The van der Waals surface area contributed by atoms with Gasteiger partial charge >= 0.3 is 6.36 Å². The molecule has 0 spiro atoms. The summed E-state index contributed by atoms with van der Waals surface area (Å²) in [5.41, 5.74) is 1.85. The molecule has 5 N–H and O–H groups in total. The van der Waals surface area contributed by atoms with E-state index in [0.717, 1.165) is 11.1 Å². The molecule has 160 valence electrons. The van der Waals surface area contributed by atoms with Crippen LogP contribution >= 0.6 is 0 Å². The number of rotatable bonds is 7. The van der Waals surface area contributed by atoms with Gasteiger partial charge in [0.05, 0.1) is 5.69 Å². The van der Waals surface area contributed by atoms with E-state index in [9.17, 15) is 22.0 Å². The topological polar surface area (TPSA) is 116 Å². The Hall–Kier alpha value is -3.19. The van der Waals surface area contributed by atoms with Gasteiger partial charge in [-0.15, -0.1) is 13.2 Å². The van der Waals surface area contributed by atoms with Crippen molar-refractivity contribution in [2.24, 2.45) is 11.7 Å². The molecular formula is C16H18F5N5O3. The fourth-order valence-corrected chi connectivity index (χ4v) is 2.08. The van der Waals surface area contributed by atoms with Gasteiger partial charge in [0.25, 0.3) is 6.43 Å². The van der Waals surface area contributed by atoms with Gasteiger partial charge < -0.3 is 14.5 Å². The average molecular weight is 423 g/mol. The van der Waals surface area contributed by atoms with Crippen LogP contribution in [0.3, 0.4) is 0 Å². The molecule has 1 amide bonds. The SMILES string of the molecule is CN(N)c1cccc(C(F)F)c1COc1cccc(OC(F)(F)F)n1.NNC=O. The molecule has 0 aliphatic heterocycles. The summed E-state index contributed by atoms with van der Waals surface area (Å²) in [5, 5.41) is 1.14. The first-order valence-corrected chi connectivity index (χ1v) is 7.72. The minimum Gasteiger partial charge on any atom is -0.473 e. The Balaban J connectivity index is 0.000000960. The maximum atomic E-state index is 13.2. The number of nitrogens with one attached hydrogen (secondary N) is 1. The largest absolute Gasteiger partial charge is 0.574 e. The van der Waals surface area contributed by atoms with Crippen LogP contribution in [0, 0.1) is 0 Å². The quantitative estimate of drug-likeness (QED) is 0.206. The lowest BCUT2D eigenvalue weighted by Crippen LogP contribution is -2.27. The highest BCUT2D eigenvalue weighted by Gasteiger charge is 2.31. The molecule has 0 aliphatic carbocycles. The molecular weight excluding hydrogens is 405 g/mol. The van der Waals surface area contributed by atoms with Gasteiger partial charge in [-0.3, -0.25) is 10.2 Å². The predicted octanol–water partition coefficient (Wildman–Crippen LogP) is 2.41. The van der Waals surface area contributed by atoms with Gasteiger partial charge in [0.1, 0.15) is 6.61 Å². The van der Waals surface area contributed by atoms with E-state index in [1.165, 1.54) is 37.4 Å². The summed E-state index contributed by atoms with van der Waals surface area (Å²) in [6.07, 6.45) is -7.27. The van der Waals surface area contributed by atoms with Crippen molar-refractivity contribution >= 4 is 12.1 Å². The van der Waals surface area contributed by atoms with E-state index in [4.69, 9.17) is 15.4 Å². The van der Waals surface area contributed by atoms with E-state index < -0.39 is 18.7 Å². The number of alkyl halides is 5. The number of nitrogens with two attached hydrogens (primary N) is 2. The van der Waals surface area contributed by atoms with Crippen LogP contribution < -0.4 is 31.6 Å². The van der Waals surface area contributed by atoms with Crippen LogP contribution in [-0.2, 0) is 11.4 Å². The van der Waals surface area contributed by atoms with Crippen LogP contribution in [0.5, 0.6) is 11.8 Å². The molecule has 29 heavy (non-hydrogen) atoms. The molecule has 0 bridgehead atoms. The number of nitrogens with zero attached hydrogens (tertiary/aromatic N) is 2. The summed E-state index contributed by atoms with van der Waals surface area (Å²) in [5.74, 6) is 9.10. The number of carbonyl (C=O) groups is 1. The number of pyridine rings is 1. The number of halogens is 5. The van der Waals surface area contributed by atoms with Crippen molar-refractivity contribution in [3.8, 4) is 11.8 Å².